The lowest BCUT2D eigenvalue weighted by Crippen LogP contribution is -2.52. The van der Waals surface area contributed by atoms with Crippen molar-refractivity contribution in [3.8, 4) is 0 Å². The maximum atomic E-state index is 11.6. The Kier molecular flexibility index (Phi) is 3.02. The van der Waals surface area contributed by atoms with E-state index in [1.54, 1.807) is 0 Å². The highest BCUT2D eigenvalue weighted by Gasteiger charge is 2.35. The molecule has 2 aliphatic heterocycles. The Hall–Kier alpha value is -1.82. The van der Waals surface area contributed by atoms with Gasteiger partial charge in [-0.2, -0.15) is 0 Å². The van der Waals surface area contributed by atoms with Gasteiger partial charge in [0.2, 0.25) is 0 Å². The predicted octanol–water partition coefficient (Wildman–Crippen LogP) is 0.0625. The molecule has 6 heteroatoms. The van der Waals surface area contributed by atoms with E-state index in [9.17, 15) is 4.79 Å². The smallest absolute Gasteiger partial charge is 0.317 e. The SMILES string of the molecule is Cc1cc(CN)cnc1N1CCN2C(=O)NCC2C1. The molecule has 0 saturated carbocycles. The largest absolute Gasteiger partial charge is 0.352 e. The molecule has 2 aliphatic rings. The summed E-state index contributed by atoms with van der Waals surface area (Å²) in [4.78, 5) is 20.3. The number of aromatic nitrogens is 1. The third-order valence-electron chi connectivity index (χ3n) is 3.88. The summed E-state index contributed by atoms with van der Waals surface area (Å²) < 4.78 is 0. The zero-order chi connectivity index (χ0) is 13.4. The fourth-order valence-corrected chi connectivity index (χ4v) is 2.86. The quantitative estimate of drug-likeness (QED) is 0.789. The van der Waals surface area contributed by atoms with Gasteiger partial charge < -0.3 is 20.9 Å². The highest BCUT2D eigenvalue weighted by molar-refractivity contribution is 5.77. The summed E-state index contributed by atoms with van der Waals surface area (Å²) in [5, 5.41) is 2.89. The van der Waals surface area contributed by atoms with Crippen LogP contribution in [0.1, 0.15) is 11.1 Å². The molecule has 0 radical (unpaired) electrons. The number of urea groups is 1. The minimum Gasteiger partial charge on any atom is -0.352 e. The van der Waals surface area contributed by atoms with Crippen LogP contribution >= 0.6 is 0 Å². The maximum absolute atomic E-state index is 11.6. The fraction of sp³-hybridized carbons (Fsp3) is 0.538. The van der Waals surface area contributed by atoms with Crippen molar-refractivity contribution in [2.45, 2.75) is 19.5 Å². The molecule has 19 heavy (non-hydrogen) atoms. The molecule has 3 N–H and O–H groups in total. The van der Waals surface area contributed by atoms with Crippen molar-refractivity contribution in [3.05, 3.63) is 23.4 Å². The van der Waals surface area contributed by atoms with Crippen LogP contribution < -0.4 is 16.0 Å². The second-order valence-electron chi connectivity index (χ2n) is 5.17. The Balaban J connectivity index is 1.79. The molecule has 1 aromatic heterocycles. The van der Waals surface area contributed by atoms with Gasteiger partial charge in [0.25, 0.3) is 0 Å². The van der Waals surface area contributed by atoms with E-state index in [-0.39, 0.29) is 12.1 Å². The number of anilines is 1. The zero-order valence-electron chi connectivity index (χ0n) is 11.1. The van der Waals surface area contributed by atoms with Crippen LogP contribution in [-0.2, 0) is 6.54 Å². The molecule has 0 bridgehead atoms. The molecular formula is C13H19N5O. The highest BCUT2D eigenvalue weighted by Crippen LogP contribution is 2.22. The van der Waals surface area contributed by atoms with Crippen molar-refractivity contribution >= 4 is 11.8 Å². The highest BCUT2D eigenvalue weighted by atomic mass is 16.2. The molecule has 0 spiro atoms. The van der Waals surface area contributed by atoms with Crippen LogP contribution in [0.25, 0.3) is 0 Å². The number of hydrogen-bond donors (Lipinski definition) is 2. The van der Waals surface area contributed by atoms with Gasteiger partial charge in [-0.15, -0.1) is 0 Å². The number of nitrogens with two attached hydrogens (primary N) is 1. The van der Waals surface area contributed by atoms with E-state index in [1.807, 2.05) is 11.1 Å². The van der Waals surface area contributed by atoms with Crippen molar-refractivity contribution in [2.75, 3.05) is 31.1 Å². The molecule has 0 aliphatic carbocycles. The minimum atomic E-state index is 0.0628. The summed E-state index contributed by atoms with van der Waals surface area (Å²) in [6.45, 7) is 5.74. The van der Waals surface area contributed by atoms with Crippen LogP contribution in [0, 0.1) is 6.92 Å². The Morgan fingerprint density at radius 1 is 1.53 bits per heavy atom. The second kappa shape index (κ2) is 4.70. The molecule has 3 rings (SSSR count). The van der Waals surface area contributed by atoms with Crippen LogP contribution in [0.3, 0.4) is 0 Å². The molecule has 1 aromatic rings. The van der Waals surface area contributed by atoms with Gasteiger partial charge in [0.05, 0.1) is 6.04 Å². The first kappa shape index (κ1) is 12.2. The monoisotopic (exact) mass is 261 g/mol. The number of hydrogen-bond acceptors (Lipinski definition) is 4. The van der Waals surface area contributed by atoms with Gasteiger partial charge in [0, 0.05) is 38.9 Å². The average molecular weight is 261 g/mol. The number of nitrogens with one attached hydrogen (secondary N) is 1. The summed E-state index contributed by atoms with van der Waals surface area (Å²) in [6, 6.07) is 2.41. The standard InChI is InChI=1S/C13H19N5O/c1-9-4-10(5-14)6-15-12(9)17-2-3-18-11(8-17)7-16-13(18)19/h4,6,11H,2-3,5,7-8,14H2,1H3,(H,16,19). The molecule has 102 valence electrons. The van der Waals surface area contributed by atoms with Crippen LogP contribution in [-0.4, -0.2) is 48.1 Å². The van der Waals surface area contributed by atoms with Crippen LogP contribution in [0.4, 0.5) is 10.6 Å². The number of pyridine rings is 1. The maximum Gasteiger partial charge on any atom is 0.317 e. The molecule has 2 saturated heterocycles. The van der Waals surface area contributed by atoms with E-state index in [0.29, 0.717) is 6.54 Å². The normalized spacial score (nSPS) is 22.4. The van der Waals surface area contributed by atoms with Gasteiger partial charge >= 0.3 is 6.03 Å². The third-order valence-corrected chi connectivity index (χ3v) is 3.88. The van der Waals surface area contributed by atoms with Crippen LogP contribution in [0.5, 0.6) is 0 Å². The predicted molar refractivity (Wildman–Crippen MR) is 73.0 cm³/mol. The van der Waals surface area contributed by atoms with Gasteiger partial charge in [0.1, 0.15) is 5.82 Å². The Morgan fingerprint density at radius 3 is 3.11 bits per heavy atom. The first-order valence-corrected chi connectivity index (χ1v) is 6.64. The summed E-state index contributed by atoms with van der Waals surface area (Å²) in [7, 11) is 0. The lowest BCUT2D eigenvalue weighted by molar-refractivity contribution is 0.197. The van der Waals surface area contributed by atoms with E-state index in [2.05, 4.69) is 28.2 Å². The van der Waals surface area contributed by atoms with Gasteiger partial charge in [-0.25, -0.2) is 9.78 Å². The number of fused-ring (bicyclic) bond motifs is 1. The first-order chi connectivity index (χ1) is 9.19. The van der Waals surface area contributed by atoms with E-state index in [0.717, 1.165) is 43.1 Å². The number of carbonyl (C=O) groups is 1. The number of piperazine rings is 1. The number of aryl methyl sites for hydroxylation is 1. The van der Waals surface area contributed by atoms with Crippen LogP contribution in [0.15, 0.2) is 12.3 Å². The lowest BCUT2D eigenvalue weighted by atomic mass is 10.1. The molecule has 2 fully saturated rings. The Morgan fingerprint density at radius 2 is 2.37 bits per heavy atom. The number of amides is 2. The van der Waals surface area contributed by atoms with Gasteiger partial charge in [-0.3, -0.25) is 0 Å². The average Bonchev–Trinajstić information content (AvgIpc) is 2.79. The van der Waals surface area contributed by atoms with Crippen molar-refractivity contribution in [2.24, 2.45) is 5.73 Å². The fourth-order valence-electron chi connectivity index (χ4n) is 2.86. The van der Waals surface area contributed by atoms with E-state index in [1.165, 1.54) is 0 Å². The molecule has 2 amide bonds. The Bertz CT molecular complexity index is 504. The summed E-state index contributed by atoms with van der Waals surface area (Å²) >= 11 is 0. The van der Waals surface area contributed by atoms with Crippen molar-refractivity contribution in [3.63, 3.8) is 0 Å². The second-order valence-corrected chi connectivity index (χ2v) is 5.17. The van der Waals surface area contributed by atoms with Crippen molar-refractivity contribution < 1.29 is 4.79 Å². The van der Waals surface area contributed by atoms with Crippen molar-refractivity contribution in [1.82, 2.24) is 15.2 Å². The van der Waals surface area contributed by atoms with Crippen molar-refractivity contribution in [1.29, 1.82) is 0 Å². The van der Waals surface area contributed by atoms with Crippen LogP contribution in [0.2, 0.25) is 0 Å². The molecule has 1 atom stereocenters. The van der Waals surface area contributed by atoms with E-state index in [4.69, 9.17) is 5.73 Å². The molecule has 1 unspecified atom stereocenters. The minimum absolute atomic E-state index is 0.0628. The van der Waals surface area contributed by atoms with Gasteiger partial charge in [0.15, 0.2) is 0 Å². The first-order valence-electron chi connectivity index (χ1n) is 6.64. The number of nitrogens with zero attached hydrogens (tertiary/aromatic N) is 3. The number of rotatable bonds is 2. The molecule has 0 aromatic carbocycles. The molecular weight excluding hydrogens is 242 g/mol. The lowest BCUT2D eigenvalue weighted by Gasteiger charge is -2.37. The van der Waals surface area contributed by atoms with E-state index >= 15 is 0 Å². The van der Waals surface area contributed by atoms with E-state index < -0.39 is 0 Å². The Labute approximate surface area is 112 Å². The number of carbonyl (C=O) groups excluding carboxylic acids is 1. The molecule has 6 nitrogen and oxygen atoms in total. The summed E-state index contributed by atoms with van der Waals surface area (Å²) in [5.41, 5.74) is 7.83. The van der Waals surface area contributed by atoms with Gasteiger partial charge in [-0.1, -0.05) is 0 Å². The topological polar surface area (TPSA) is 74.5 Å². The summed E-state index contributed by atoms with van der Waals surface area (Å²) in [5.74, 6) is 1.01. The van der Waals surface area contributed by atoms with Gasteiger partial charge in [-0.05, 0) is 24.1 Å². The zero-order valence-corrected chi connectivity index (χ0v) is 11.1. The molecule has 3 heterocycles. The third kappa shape index (κ3) is 2.12. The summed E-state index contributed by atoms with van der Waals surface area (Å²) in [6.07, 6.45) is 1.84.